The van der Waals surface area contributed by atoms with Gasteiger partial charge in [-0.3, -0.25) is 4.98 Å². The minimum absolute atomic E-state index is 0.121. The molecule has 100 valence electrons. The second-order valence-electron chi connectivity index (χ2n) is 4.72. The summed E-state index contributed by atoms with van der Waals surface area (Å²) in [7, 11) is 0. The lowest BCUT2D eigenvalue weighted by molar-refractivity contribution is -0.0841. The van der Waals surface area contributed by atoms with Gasteiger partial charge in [-0.15, -0.1) is 0 Å². The van der Waals surface area contributed by atoms with E-state index in [4.69, 9.17) is 9.26 Å². The third-order valence-corrected chi connectivity index (χ3v) is 3.44. The first-order valence-corrected chi connectivity index (χ1v) is 6.73. The van der Waals surface area contributed by atoms with Crippen molar-refractivity contribution in [1.29, 1.82) is 0 Å². The molecule has 0 aliphatic carbocycles. The van der Waals surface area contributed by atoms with E-state index in [1.54, 1.807) is 6.20 Å². The van der Waals surface area contributed by atoms with Gasteiger partial charge in [-0.1, -0.05) is 5.16 Å². The largest absolute Gasteiger partial charge is 0.363 e. The van der Waals surface area contributed by atoms with Crippen LogP contribution in [0, 0.1) is 0 Å². The minimum Gasteiger partial charge on any atom is -0.363 e. The monoisotopic (exact) mass is 324 g/mol. The van der Waals surface area contributed by atoms with Crippen LogP contribution in [0.4, 0.5) is 0 Å². The summed E-state index contributed by atoms with van der Waals surface area (Å²) in [6.45, 7) is 4.07. The molecule has 0 spiro atoms. The first-order chi connectivity index (χ1) is 9.15. The zero-order valence-electron chi connectivity index (χ0n) is 10.4. The molecule has 0 saturated carbocycles. The maximum atomic E-state index is 5.73. The van der Waals surface area contributed by atoms with Crippen molar-refractivity contribution in [2.45, 2.75) is 19.1 Å². The summed E-state index contributed by atoms with van der Waals surface area (Å²) in [5.41, 5.74) is 0.555. The first-order valence-electron chi connectivity index (χ1n) is 5.94. The van der Waals surface area contributed by atoms with Crippen molar-refractivity contribution < 1.29 is 9.26 Å². The maximum Gasteiger partial charge on any atom is 0.253 e. The lowest BCUT2D eigenvalue weighted by Crippen LogP contribution is -2.58. The Bertz CT molecular complexity index is 565. The predicted octanol–water partition coefficient (Wildman–Crippen LogP) is 1.77. The lowest BCUT2D eigenvalue weighted by Gasteiger charge is -2.38. The number of aromatic nitrogens is 3. The number of pyridine rings is 1. The number of nitrogens with one attached hydrogen (secondary N) is 1. The lowest BCUT2D eigenvalue weighted by atomic mass is 10.0. The van der Waals surface area contributed by atoms with Gasteiger partial charge in [0.2, 0.25) is 5.82 Å². The highest BCUT2D eigenvalue weighted by Gasteiger charge is 2.33. The zero-order valence-corrected chi connectivity index (χ0v) is 12.0. The molecule has 0 radical (unpaired) electrons. The molecule has 0 unspecified atom stereocenters. The fourth-order valence-electron chi connectivity index (χ4n) is 1.74. The topological polar surface area (TPSA) is 73.1 Å². The number of hydrogen-bond acceptors (Lipinski definition) is 6. The van der Waals surface area contributed by atoms with E-state index in [0.717, 1.165) is 17.6 Å². The number of halogens is 1. The summed E-state index contributed by atoms with van der Waals surface area (Å²) in [4.78, 5) is 8.49. The molecular weight excluding hydrogens is 312 g/mol. The normalized spacial score (nSPS) is 17.2. The molecule has 3 heterocycles. The van der Waals surface area contributed by atoms with E-state index in [0.29, 0.717) is 24.0 Å². The summed E-state index contributed by atoms with van der Waals surface area (Å²) >= 11 is 3.33. The molecule has 0 atom stereocenters. The van der Waals surface area contributed by atoms with Crippen LogP contribution in [-0.4, -0.2) is 33.8 Å². The van der Waals surface area contributed by atoms with E-state index in [1.807, 2.05) is 12.1 Å². The second kappa shape index (κ2) is 4.99. The molecule has 0 bridgehead atoms. The number of ether oxygens (including phenoxy) is 1. The Kier molecular flexibility index (Phi) is 3.34. The Labute approximate surface area is 118 Å². The summed E-state index contributed by atoms with van der Waals surface area (Å²) < 4.78 is 11.8. The Morgan fingerprint density at radius 3 is 2.95 bits per heavy atom. The highest BCUT2D eigenvalue weighted by molar-refractivity contribution is 9.10. The van der Waals surface area contributed by atoms with Crippen LogP contribution < -0.4 is 5.32 Å². The minimum atomic E-state index is -0.121. The quantitative estimate of drug-likeness (QED) is 0.924. The summed E-state index contributed by atoms with van der Waals surface area (Å²) in [6, 6.07) is 3.71. The third-order valence-electron chi connectivity index (χ3n) is 2.97. The fourth-order valence-corrected chi connectivity index (χ4v) is 1.98. The highest BCUT2D eigenvalue weighted by atomic mass is 79.9. The van der Waals surface area contributed by atoms with Gasteiger partial charge in [0.25, 0.3) is 5.89 Å². The molecule has 0 amide bonds. The summed E-state index contributed by atoms with van der Waals surface area (Å²) in [6.07, 6.45) is 1.70. The van der Waals surface area contributed by atoms with Crippen LogP contribution in [0.1, 0.15) is 12.8 Å². The van der Waals surface area contributed by atoms with Crippen LogP contribution in [0.2, 0.25) is 0 Å². The molecule has 1 aliphatic heterocycles. The number of nitrogens with zero attached hydrogens (tertiary/aromatic N) is 3. The van der Waals surface area contributed by atoms with Gasteiger partial charge in [-0.25, -0.2) is 0 Å². The van der Waals surface area contributed by atoms with Gasteiger partial charge in [0.15, 0.2) is 0 Å². The van der Waals surface area contributed by atoms with Crippen LogP contribution in [0.15, 0.2) is 27.3 Å². The zero-order chi connectivity index (χ0) is 13.3. The van der Waals surface area contributed by atoms with Crippen LogP contribution in [0.5, 0.6) is 0 Å². The molecule has 1 N–H and O–H groups in total. The SMILES string of the molecule is CC1(OCc2nc(-c3ccc(Br)cn3)no2)CNC1. The average Bonchev–Trinajstić information content (AvgIpc) is 2.84. The van der Waals surface area contributed by atoms with Crippen LogP contribution >= 0.6 is 15.9 Å². The van der Waals surface area contributed by atoms with Gasteiger partial charge >= 0.3 is 0 Å². The van der Waals surface area contributed by atoms with E-state index < -0.39 is 0 Å². The van der Waals surface area contributed by atoms with Crippen molar-refractivity contribution in [1.82, 2.24) is 20.4 Å². The molecule has 3 rings (SSSR count). The summed E-state index contributed by atoms with van der Waals surface area (Å²) in [5, 5.41) is 7.07. The number of rotatable bonds is 4. The van der Waals surface area contributed by atoms with Crippen LogP contribution in [-0.2, 0) is 11.3 Å². The van der Waals surface area contributed by atoms with Crippen molar-refractivity contribution in [3.8, 4) is 11.5 Å². The van der Waals surface area contributed by atoms with Crippen LogP contribution in [0.3, 0.4) is 0 Å². The Morgan fingerprint density at radius 1 is 1.47 bits per heavy atom. The maximum absolute atomic E-state index is 5.73. The standard InChI is InChI=1S/C12H13BrN4O2/c1-12(6-14-7-12)18-5-10-16-11(17-19-10)9-3-2-8(13)4-15-9/h2-4,14H,5-7H2,1H3. The molecular formula is C12H13BrN4O2. The van der Waals surface area contributed by atoms with Gasteiger partial charge in [0.1, 0.15) is 12.3 Å². The number of hydrogen-bond donors (Lipinski definition) is 1. The van der Waals surface area contributed by atoms with Gasteiger partial charge in [0, 0.05) is 23.8 Å². The van der Waals surface area contributed by atoms with E-state index in [-0.39, 0.29) is 5.60 Å². The van der Waals surface area contributed by atoms with E-state index >= 15 is 0 Å². The predicted molar refractivity (Wildman–Crippen MR) is 71.3 cm³/mol. The third kappa shape index (κ3) is 2.83. The van der Waals surface area contributed by atoms with E-state index in [9.17, 15) is 0 Å². The van der Waals surface area contributed by atoms with Gasteiger partial charge in [0.05, 0.1) is 5.60 Å². The summed E-state index contributed by atoms with van der Waals surface area (Å²) in [5.74, 6) is 0.941. The molecule has 1 aliphatic rings. The first kappa shape index (κ1) is 12.7. The molecule has 0 aromatic carbocycles. The fraction of sp³-hybridized carbons (Fsp3) is 0.417. The van der Waals surface area contributed by atoms with E-state index in [2.05, 4.69) is 43.3 Å². The molecule has 1 fully saturated rings. The van der Waals surface area contributed by atoms with Crippen molar-refractivity contribution in [3.05, 3.63) is 28.7 Å². The van der Waals surface area contributed by atoms with Gasteiger partial charge in [-0.2, -0.15) is 4.98 Å². The highest BCUT2D eigenvalue weighted by Crippen LogP contribution is 2.19. The van der Waals surface area contributed by atoms with E-state index in [1.165, 1.54) is 0 Å². The van der Waals surface area contributed by atoms with Crippen LogP contribution in [0.25, 0.3) is 11.5 Å². The Balaban J connectivity index is 1.67. The molecule has 2 aromatic rings. The van der Waals surface area contributed by atoms with Crippen molar-refractivity contribution in [2.75, 3.05) is 13.1 Å². The van der Waals surface area contributed by atoms with Gasteiger partial charge < -0.3 is 14.6 Å². The molecule has 1 saturated heterocycles. The Morgan fingerprint density at radius 2 is 2.32 bits per heavy atom. The molecule has 19 heavy (non-hydrogen) atoms. The molecule has 2 aromatic heterocycles. The molecule has 7 heteroatoms. The van der Waals surface area contributed by atoms with Gasteiger partial charge in [-0.05, 0) is 35.0 Å². The Hall–Kier alpha value is -1.31. The average molecular weight is 325 g/mol. The van der Waals surface area contributed by atoms with Crippen molar-refractivity contribution >= 4 is 15.9 Å². The second-order valence-corrected chi connectivity index (χ2v) is 5.63. The molecule has 6 nitrogen and oxygen atoms in total. The van der Waals surface area contributed by atoms with Crippen molar-refractivity contribution in [3.63, 3.8) is 0 Å². The van der Waals surface area contributed by atoms with Crippen molar-refractivity contribution in [2.24, 2.45) is 0 Å². The smallest absolute Gasteiger partial charge is 0.253 e.